The number of aromatic nitrogens is 2. The summed E-state index contributed by atoms with van der Waals surface area (Å²) in [6.07, 6.45) is 0.921. The fraction of sp³-hybridized carbons (Fsp3) is 0.235. The zero-order valence-electron chi connectivity index (χ0n) is 13.3. The maximum Gasteiger partial charge on any atom is 0.276 e. The van der Waals surface area contributed by atoms with Crippen molar-refractivity contribution >= 4 is 33.7 Å². The first-order valence-corrected chi connectivity index (χ1v) is 9.27. The van der Waals surface area contributed by atoms with Crippen LogP contribution in [0.15, 0.2) is 23.6 Å². The third-order valence-corrected chi connectivity index (χ3v) is 5.80. The molecule has 4 rings (SSSR count). The molecule has 1 amide bonds. The predicted molar refractivity (Wildman–Crippen MR) is 96.3 cm³/mol. The number of ether oxygens (including phenoxy) is 1. The molecule has 0 fully saturated rings. The van der Waals surface area contributed by atoms with Crippen molar-refractivity contribution in [3.8, 4) is 16.3 Å². The smallest absolute Gasteiger partial charge is 0.276 e. The molecule has 0 saturated carbocycles. The van der Waals surface area contributed by atoms with E-state index >= 15 is 0 Å². The minimum Gasteiger partial charge on any atom is -0.493 e. The lowest BCUT2D eigenvalue weighted by Crippen LogP contribution is -2.12. The van der Waals surface area contributed by atoms with Gasteiger partial charge in [0.25, 0.3) is 5.91 Å². The second-order valence-electron chi connectivity index (χ2n) is 5.57. The van der Waals surface area contributed by atoms with Gasteiger partial charge in [0.05, 0.1) is 12.3 Å². The van der Waals surface area contributed by atoms with Gasteiger partial charge >= 0.3 is 0 Å². The van der Waals surface area contributed by atoms with E-state index in [0.717, 1.165) is 39.9 Å². The quantitative estimate of drug-likeness (QED) is 0.767. The van der Waals surface area contributed by atoms with Crippen molar-refractivity contribution < 1.29 is 9.53 Å². The summed E-state index contributed by atoms with van der Waals surface area (Å²) in [4.78, 5) is 22.2. The number of carbonyl (C=O) groups is 1. The van der Waals surface area contributed by atoms with Crippen LogP contribution in [-0.2, 0) is 6.42 Å². The van der Waals surface area contributed by atoms with Crippen LogP contribution in [-0.4, -0.2) is 22.5 Å². The molecule has 0 unspecified atom stereocenters. The SMILES string of the molecule is Cc1nc(NC(=O)c2csc(-c3ccc4c(c3)CCO4)n2)sc1C. The molecule has 1 N–H and O–H groups in total. The molecule has 0 spiro atoms. The molecule has 0 atom stereocenters. The van der Waals surface area contributed by atoms with Crippen LogP contribution >= 0.6 is 22.7 Å². The van der Waals surface area contributed by atoms with Crippen molar-refractivity contribution in [3.63, 3.8) is 0 Å². The van der Waals surface area contributed by atoms with Gasteiger partial charge in [0.15, 0.2) is 5.13 Å². The molecule has 122 valence electrons. The number of nitrogens with zero attached hydrogens (tertiary/aromatic N) is 2. The monoisotopic (exact) mass is 357 g/mol. The van der Waals surface area contributed by atoms with Gasteiger partial charge in [-0.05, 0) is 37.6 Å². The minimum atomic E-state index is -0.226. The lowest BCUT2D eigenvalue weighted by molar-refractivity contribution is 0.102. The first-order chi connectivity index (χ1) is 11.6. The van der Waals surface area contributed by atoms with Gasteiger partial charge in [-0.1, -0.05) is 0 Å². The lowest BCUT2D eigenvalue weighted by atomic mass is 10.1. The second kappa shape index (κ2) is 5.99. The Morgan fingerprint density at radius 2 is 2.17 bits per heavy atom. The van der Waals surface area contributed by atoms with Gasteiger partial charge < -0.3 is 4.74 Å². The van der Waals surface area contributed by atoms with Crippen molar-refractivity contribution in [1.82, 2.24) is 9.97 Å². The Morgan fingerprint density at radius 3 is 2.96 bits per heavy atom. The number of benzene rings is 1. The molecule has 1 aliphatic rings. The summed E-state index contributed by atoms with van der Waals surface area (Å²) in [6, 6.07) is 6.05. The van der Waals surface area contributed by atoms with E-state index in [-0.39, 0.29) is 5.91 Å². The Bertz CT molecular complexity index is 910. The number of amides is 1. The third kappa shape index (κ3) is 2.81. The molecule has 1 aliphatic heterocycles. The van der Waals surface area contributed by atoms with Crippen LogP contribution in [0.5, 0.6) is 5.75 Å². The van der Waals surface area contributed by atoms with Gasteiger partial charge in [-0.25, -0.2) is 9.97 Å². The van der Waals surface area contributed by atoms with Crippen LogP contribution in [0.3, 0.4) is 0 Å². The number of carbonyl (C=O) groups excluding carboxylic acids is 1. The van der Waals surface area contributed by atoms with Crippen molar-refractivity contribution in [2.24, 2.45) is 0 Å². The van der Waals surface area contributed by atoms with Gasteiger partial charge in [0, 0.05) is 22.2 Å². The molecule has 5 nitrogen and oxygen atoms in total. The van der Waals surface area contributed by atoms with E-state index in [2.05, 4.69) is 21.4 Å². The average molecular weight is 357 g/mol. The van der Waals surface area contributed by atoms with E-state index in [1.807, 2.05) is 26.0 Å². The summed E-state index contributed by atoms with van der Waals surface area (Å²) < 4.78 is 5.52. The van der Waals surface area contributed by atoms with Gasteiger partial charge in [-0.15, -0.1) is 22.7 Å². The molecule has 3 aromatic rings. The number of fused-ring (bicyclic) bond motifs is 1. The molecule has 0 radical (unpaired) electrons. The van der Waals surface area contributed by atoms with E-state index < -0.39 is 0 Å². The first-order valence-electron chi connectivity index (χ1n) is 7.57. The summed E-state index contributed by atoms with van der Waals surface area (Å²) in [6.45, 7) is 4.65. The second-order valence-corrected chi connectivity index (χ2v) is 7.63. The molecule has 3 heterocycles. The zero-order chi connectivity index (χ0) is 16.7. The van der Waals surface area contributed by atoms with Crippen LogP contribution in [0, 0.1) is 13.8 Å². The summed E-state index contributed by atoms with van der Waals surface area (Å²) in [7, 11) is 0. The minimum absolute atomic E-state index is 0.226. The molecule has 0 aliphatic carbocycles. The largest absolute Gasteiger partial charge is 0.493 e. The summed E-state index contributed by atoms with van der Waals surface area (Å²) in [5, 5.41) is 6.04. The molecule has 0 bridgehead atoms. The highest BCUT2D eigenvalue weighted by molar-refractivity contribution is 7.16. The van der Waals surface area contributed by atoms with Gasteiger partial charge in [-0.2, -0.15) is 0 Å². The maximum absolute atomic E-state index is 12.3. The molecule has 0 saturated heterocycles. The highest BCUT2D eigenvalue weighted by Gasteiger charge is 2.17. The third-order valence-electron chi connectivity index (χ3n) is 3.92. The van der Waals surface area contributed by atoms with Crippen molar-refractivity contribution in [3.05, 3.63) is 45.4 Å². The molecule has 1 aromatic carbocycles. The summed E-state index contributed by atoms with van der Waals surface area (Å²) in [5.74, 6) is 0.721. The van der Waals surface area contributed by atoms with Crippen LogP contribution in [0.4, 0.5) is 5.13 Å². The number of thiazole rings is 2. The number of hydrogen-bond donors (Lipinski definition) is 1. The van der Waals surface area contributed by atoms with E-state index in [9.17, 15) is 4.79 Å². The predicted octanol–water partition coefficient (Wildman–Crippen LogP) is 4.07. The van der Waals surface area contributed by atoms with E-state index in [0.29, 0.717) is 10.8 Å². The van der Waals surface area contributed by atoms with Gasteiger partial charge in [0.2, 0.25) is 0 Å². The zero-order valence-corrected chi connectivity index (χ0v) is 14.9. The fourth-order valence-corrected chi connectivity index (χ4v) is 4.12. The van der Waals surface area contributed by atoms with Gasteiger partial charge in [0.1, 0.15) is 16.5 Å². The Morgan fingerprint density at radius 1 is 1.29 bits per heavy atom. The van der Waals surface area contributed by atoms with Crippen LogP contribution in [0.2, 0.25) is 0 Å². The summed E-state index contributed by atoms with van der Waals surface area (Å²) in [5.41, 5.74) is 3.57. The maximum atomic E-state index is 12.3. The highest BCUT2D eigenvalue weighted by Crippen LogP contribution is 2.32. The van der Waals surface area contributed by atoms with E-state index in [1.54, 1.807) is 5.38 Å². The summed E-state index contributed by atoms with van der Waals surface area (Å²) >= 11 is 2.94. The van der Waals surface area contributed by atoms with E-state index in [4.69, 9.17) is 4.74 Å². The standard InChI is InChI=1S/C17H15N3O2S2/c1-9-10(2)24-17(18-9)20-15(21)13-8-23-16(19-13)12-3-4-14-11(7-12)5-6-22-14/h3-4,7-8H,5-6H2,1-2H3,(H,18,20,21). The van der Waals surface area contributed by atoms with Crippen LogP contribution in [0.25, 0.3) is 10.6 Å². The topological polar surface area (TPSA) is 64.1 Å². The van der Waals surface area contributed by atoms with Crippen molar-refractivity contribution in [2.45, 2.75) is 20.3 Å². The number of anilines is 1. The molecule has 2 aromatic heterocycles. The van der Waals surface area contributed by atoms with Crippen LogP contribution < -0.4 is 10.1 Å². The van der Waals surface area contributed by atoms with E-state index in [1.165, 1.54) is 28.2 Å². The average Bonchev–Trinajstić information content (AvgIpc) is 3.27. The number of aryl methyl sites for hydroxylation is 2. The Labute approximate surface area is 147 Å². The van der Waals surface area contributed by atoms with Gasteiger partial charge in [-0.3, -0.25) is 10.1 Å². The highest BCUT2D eigenvalue weighted by atomic mass is 32.1. The van der Waals surface area contributed by atoms with Crippen molar-refractivity contribution in [2.75, 3.05) is 11.9 Å². The Kier molecular flexibility index (Phi) is 3.82. The molecular weight excluding hydrogens is 342 g/mol. The number of nitrogens with one attached hydrogen (secondary N) is 1. The number of hydrogen-bond acceptors (Lipinski definition) is 6. The normalized spacial score (nSPS) is 12.8. The Balaban J connectivity index is 1.55. The molecule has 7 heteroatoms. The molecule has 24 heavy (non-hydrogen) atoms. The number of rotatable bonds is 3. The first kappa shape index (κ1) is 15.3. The Hall–Kier alpha value is -2.25. The van der Waals surface area contributed by atoms with Crippen LogP contribution in [0.1, 0.15) is 26.6 Å². The fourth-order valence-electron chi connectivity index (χ4n) is 2.52. The lowest BCUT2D eigenvalue weighted by Gasteiger charge is -2.01. The molecular formula is C17H15N3O2S2. The van der Waals surface area contributed by atoms with Crippen molar-refractivity contribution in [1.29, 1.82) is 0 Å².